The summed E-state index contributed by atoms with van der Waals surface area (Å²) < 4.78 is 32.2. The number of rotatable bonds is 7. The Bertz CT molecular complexity index is 941. The van der Waals surface area contributed by atoms with Crippen LogP contribution in [-0.2, 0) is 20.7 Å². The first-order valence-corrected chi connectivity index (χ1v) is 9.08. The number of aryl methyl sites for hydroxylation is 1. The fraction of sp³-hybridized carbons (Fsp3) is 0.211. The summed E-state index contributed by atoms with van der Waals surface area (Å²) in [4.78, 5) is 27.9. The van der Waals surface area contributed by atoms with Crippen molar-refractivity contribution in [3.8, 4) is 0 Å². The van der Waals surface area contributed by atoms with E-state index in [4.69, 9.17) is 4.74 Å². The minimum Gasteiger partial charge on any atom is -0.456 e. The highest BCUT2D eigenvalue weighted by Gasteiger charge is 2.11. The van der Waals surface area contributed by atoms with Crippen molar-refractivity contribution in [3.05, 3.63) is 59.1 Å². The van der Waals surface area contributed by atoms with Crippen LogP contribution in [-0.4, -0.2) is 23.5 Å². The van der Waals surface area contributed by atoms with Crippen LogP contribution in [0.1, 0.15) is 17.8 Å². The zero-order chi connectivity index (χ0) is 19.2. The molecule has 0 aliphatic carbocycles. The van der Waals surface area contributed by atoms with Crippen LogP contribution in [0.2, 0.25) is 0 Å². The third-order valence-electron chi connectivity index (χ3n) is 3.68. The van der Waals surface area contributed by atoms with Gasteiger partial charge in [-0.05, 0) is 37.1 Å². The summed E-state index contributed by atoms with van der Waals surface area (Å²) in [5.74, 6) is -2.86. The monoisotopic (exact) mass is 390 g/mol. The number of hydrogen-bond donors (Lipinski definition) is 1. The first kappa shape index (κ1) is 18.9. The molecule has 0 fully saturated rings. The van der Waals surface area contributed by atoms with E-state index in [0.29, 0.717) is 18.9 Å². The molecular weight excluding hydrogens is 374 g/mol. The van der Waals surface area contributed by atoms with Crippen molar-refractivity contribution >= 4 is 39.1 Å². The van der Waals surface area contributed by atoms with Crippen molar-refractivity contribution in [1.82, 2.24) is 4.98 Å². The number of hydrogen-bond acceptors (Lipinski definition) is 5. The molecule has 3 aromatic rings. The number of benzene rings is 2. The fourth-order valence-corrected chi connectivity index (χ4v) is 3.42. The molecule has 1 aromatic heterocycles. The van der Waals surface area contributed by atoms with E-state index in [0.717, 1.165) is 27.4 Å². The third kappa shape index (κ3) is 5.30. The van der Waals surface area contributed by atoms with Crippen molar-refractivity contribution in [2.75, 3.05) is 11.9 Å². The molecule has 1 N–H and O–H groups in total. The molecule has 0 atom stereocenters. The summed E-state index contributed by atoms with van der Waals surface area (Å²) in [6, 6.07) is 10.6. The van der Waals surface area contributed by atoms with Crippen LogP contribution in [0, 0.1) is 11.6 Å². The van der Waals surface area contributed by atoms with Gasteiger partial charge in [-0.25, -0.2) is 13.8 Å². The Hall–Kier alpha value is -2.87. The predicted molar refractivity (Wildman–Crippen MR) is 98.5 cm³/mol. The largest absolute Gasteiger partial charge is 0.456 e. The number of carbonyl (C=O) groups excluding carboxylic acids is 2. The summed E-state index contributed by atoms with van der Waals surface area (Å²) in [6.07, 6.45) is 1.34. The Morgan fingerprint density at radius 2 is 1.96 bits per heavy atom. The fourth-order valence-electron chi connectivity index (χ4n) is 2.41. The molecule has 0 spiro atoms. The number of amides is 1. The zero-order valence-corrected chi connectivity index (χ0v) is 15.0. The van der Waals surface area contributed by atoms with E-state index in [1.54, 1.807) is 11.3 Å². The van der Waals surface area contributed by atoms with E-state index in [1.165, 1.54) is 0 Å². The number of thiazole rings is 1. The normalized spacial score (nSPS) is 10.7. The van der Waals surface area contributed by atoms with Gasteiger partial charge in [-0.2, -0.15) is 0 Å². The molecule has 0 saturated heterocycles. The molecule has 8 heteroatoms. The second-order valence-electron chi connectivity index (χ2n) is 5.76. The number of fused-ring (bicyclic) bond motifs is 1. The summed E-state index contributed by atoms with van der Waals surface area (Å²) in [7, 11) is 0. The van der Waals surface area contributed by atoms with Gasteiger partial charge in [0, 0.05) is 12.5 Å². The highest BCUT2D eigenvalue weighted by molar-refractivity contribution is 7.18. The second kappa shape index (κ2) is 8.68. The predicted octanol–water partition coefficient (Wildman–Crippen LogP) is 4.08. The van der Waals surface area contributed by atoms with E-state index < -0.39 is 30.1 Å². The first-order chi connectivity index (χ1) is 13.0. The maximum atomic E-state index is 13.4. The number of nitrogens with one attached hydrogen (secondary N) is 1. The number of ether oxygens (including phenoxy) is 1. The van der Waals surface area contributed by atoms with Crippen molar-refractivity contribution in [1.29, 1.82) is 0 Å². The summed E-state index contributed by atoms with van der Waals surface area (Å²) in [5.41, 5.74) is 0.762. The zero-order valence-electron chi connectivity index (χ0n) is 14.2. The molecule has 0 radical (unpaired) electrons. The number of carbonyl (C=O) groups is 2. The lowest BCUT2D eigenvalue weighted by atomic mass is 10.2. The average Bonchev–Trinajstić information content (AvgIpc) is 3.05. The third-order valence-corrected chi connectivity index (χ3v) is 4.78. The topological polar surface area (TPSA) is 68.3 Å². The SMILES string of the molecule is O=C(COC(=O)CCCc1nc2ccccc2s1)Nc1ccc(F)cc1F. The molecule has 0 bridgehead atoms. The second-order valence-corrected chi connectivity index (χ2v) is 6.88. The van der Waals surface area contributed by atoms with Gasteiger partial charge in [-0.3, -0.25) is 9.59 Å². The van der Waals surface area contributed by atoms with Crippen molar-refractivity contribution in [3.63, 3.8) is 0 Å². The minimum absolute atomic E-state index is 0.147. The van der Waals surface area contributed by atoms with Gasteiger partial charge >= 0.3 is 5.97 Å². The first-order valence-electron chi connectivity index (χ1n) is 8.26. The smallest absolute Gasteiger partial charge is 0.306 e. The van der Waals surface area contributed by atoms with Gasteiger partial charge in [0.1, 0.15) is 11.6 Å². The van der Waals surface area contributed by atoms with Crippen LogP contribution in [0.4, 0.5) is 14.5 Å². The van der Waals surface area contributed by atoms with Gasteiger partial charge < -0.3 is 10.1 Å². The van der Waals surface area contributed by atoms with Gasteiger partial charge in [-0.1, -0.05) is 12.1 Å². The quantitative estimate of drug-likeness (QED) is 0.618. The number of nitrogens with zero attached hydrogens (tertiary/aromatic N) is 1. The van der Waals surface area contributed by atoms with Crippen LogP contribution in [0.5, 0.6) is 0 Å². The lowest BCUT2D eigenvalue weighted by Gasteiger charge is -2.07. The molecule has 27 heavy (non-hydrogen) atoms. The maximum absolute atomic E-state index is 13.4. The number of aromatic nitrogens is 1. The number of halogens is 2. The summed E-state index contributed by atoms with van der Waals surface area (Å²) >= 11 is 1.58. The maximum Gasteiger partial charge on any atom is 0.306 e. The Kier molecular flexibility index (Phi) is 6.08. The van der Waals surface area contributed by atoms with Crippen molar-refractivity contribution in [2.24, 2.45) is 0 Å². The summed E-state index contributed by atoms with van der Waals surface area (Å²) in [6.45, 7) is -0.531. The van der Waals surface area contributed by atoms with Gasteiger partial charge in [0.2, 0.25) is 0 Å². The van der Waals surface area contributed by atoms with E-state index >= 15 is 0 Å². The molecule has 0 aliphatic rings. The van der Waals surface area contributed by atoms with Crippen molar-refractivity contribution in [2.45, 2.75) is 19.3 Å². The number of esters is 1. The molecule has 1 amide bonds. The number of para-hydroxylation sites is 1. The average molecular weight is 390 g/mol. The van der Waals surface area contributed by atoms with Gasteiger partial charge in [0.25, 0.3) is 5.91 Å². The van der Waals surface area contributed by atoms with E-state index in [9.17, 15) is 18.4 Å². The van der Waals surface area contributed by atoms with Crippen molar-refractivity contribution < 1.29 is 23.1 Å². The highest BCUT2D eigenvalue weighted by atomic mass is 32.1. The summed E-state index contributed by atoms with van der Waals surface area (Å²) in [5, 5.41) is 3.16. The molecular formula is C19H16F2N2O3S. The van der Waals surface area contributed by atoms with Crippen LogP contribution < -0.4 is 5.32 Å². The molecule has 3 rings (SSSR count). The Morgan fingerprint density at radius 1 is 1.15 bits per heavy atom. The Balaban J connectivity index is 1.39. The van der Waals surface area contributed by atoms with E-state index in [2.05, 4.69) is 10.3 Å². The van der Waals surface area contributed by atoms with E-state index in [-0.39, 0.29) is 12.1 Å². The van der Waals surface area contributed by atoms with Crippen LogP contribution in [0.25, 0.3) is 10.2 Å². The van der Waals surface area contributed by atoms with Crippen LogP contribution >= 0.6 is 11.3 Å². The van der Waals surface area contributed by atoms with Crippen LogP contribution in [0.3, 0.4) is 0 Å². The van der Waals surface area contributed by atoms with Gasteiger partial charge in [-0.15, -0.1) is 11.3 Å². The number of anilines is 1. The molecule has 0 saturated carbocycles. The highest BCUT2D eigenvalue weighted by Crippen LogP contribution is 2.22. The molecule has 140 valence electrons. The lowest BCUT2D eigenvalue weighted by molar-refractivity contribution is -0.147. The molecule has 0 unspecified atom stereocenters. The Labute approximate surface area is 158 Å². The van der Waals surface area contributed by atoms with Gasteiger partial charge in [0.15, 0.2) is 6.61 Å². The van der Waals surface area contributed by atoms with E-state index in [1.807, 2.05) is 24.3 Å². The molecule has 1 heterocycles. The molecule has 0 aliphatic heterocycles. The molecule has 2 aromatic carbocycles. The Morgan fingerprint density at radius 3 is 2.74 bits per heavy atom. The minimum atomic E-state index is -0.898. The van der Waals surface area contributed by atoms with Gasteiger partial charge in [0.05, 0.1) is 20.9 Å². The van der Waals surface area contributed by atoms with Crippen LogP contribution in [0.15, 0.2) is 42.5 Å². The standard InChI is InChI=1S/C19H16F2N2O3S/c20-12-8-9-14(13(21)10-12)22-17(24)11-26-19(25)7-3-6-18-23-15-4-1-2-5-16(15)27-18/h1-2,4-5,8-10H,3,6-7,11H2,(H,22,24). The lowest BCUT2D eigenvalue weighted by Crippen LogP contribution is -2.21. The molecule has 5 nitrogen and oxygen atoms in total.